The number of alkyl halides is 3. The summed E-state index contributed by atoms with van der Waals surface area (Å²) in [6.45, 7) is 0. The third-order valence-corrected chi connectivity index (χ3v) is 4.24. The van der Waals surface area contributed by atoms with Crippen LogP contribution in [0, 0.1) is 0 Å². The van der Waals surface area contributed by atoms with Gasteiger partial charge in [0.15, 0.2) is 5.69 Å². The molecule has 136 valence electrons. The van der Waals surface area contributed by atoms with Crippen LogP contribution in [0.15, 0.2) is 35.7 Å². The molecule has 0 unspecified atom stereocenters. The molecule has 0 fully saturated rings. The molecule has 0 atom stereocenters. The topological polar surface area (TPSA) is 95.1 Å². The smallest absolute Gasteiger partial charge is 0.435 e. The van der Waals surface area contributed by atoms with Crippen molar-refractivity contribution in [2.45, 2.75) is 6.18 Å². The van der Waals surface area contributed by atoms with Gasteiger partial charge < -0.3 is 4.74 Å². The molecule has 26 heavy (non-hydrogen) atoms. The van der Waals surface area contributed by atoms with Crippen molar-refractivity contribution in [3.05, 3.63) is 47.1 Å². The second-order valence-corrected chi connectivity index (χ2v) is 5.88. The number of nitrogens with two attached hydrogens (primary N) is 1. The number of hydrazine groups is 1. The zero-order chi connectivity index (χ0) is 18.9. The van der Waals surface area contributed by atoms with Crippen molar-refractivity contribution in [2.75, 3.05) is 7.11 Å². The maximum atomic E-state index is 13.1. The summed E-state index contributed by atoms with van der Waals surface area (Å²) in [4.78, 5) is 15.5. The highest BCUT2D eigenvalue weighted by molar-refractivity contribution is 7.12. The number of carbonyl (C=O) groups excluding carboxylic acids is 1. The molecule has 7 nitrogen and oxygen atoms in total. The molecule has 2 aromatic heterocycles. The van der Waals surface area contributed by atoms with Crippen LogP contribution in [-0.2, 0) is 6.18 Å². The van der Waals surface area contributed by atoms with Crippen LogP contribution < -0.4 is 16.0 Å². The molecule has 1 aromatic carbocycles. The van der Waals surface area contributed by atoms with Gasteiger partial charge in [0.2, 0.25) is 5.13 Å². The minimum Gasteiger partial charge on any atom is -0.497 e. The Balaban J connectivity index is 2.12. The number of amides is 1. The van der Waals surface area contributed by atoms with Gasteiger partial charge in [0, 0.05) is 10.9 Å². The van der Waals surface area contributed by atoms with Crippen molar-refractivity contribution in [2.24, 2.45) is 5.84 Å². The lowest BCUT2D eigenvalue weighted by atomic mass is 10.1. The van der Waals surface area contributed by atoms with Crippen LogP contribution >= 0.6 is 11.3 Å². The number of nitrogens with one attached hydrogen (secondary N) is 1. The molecule has 0 aliphatic carbocycles. The lowest BCUT2D eigenvalue weighted by Crippen LogP contribution is -2.30. The maximum absolute atomic E-state index is 13.1. The van der Waals surface area contributed by atoms with Crippen LogP contribution in [-0.4, -0.2) is 27.8 Å². The standard InChI is InChI=1S/C15H12F3N5O2S/c1-25-9-4-2-8(3-5-9)11-6-12(15(16,17)18)22-23(11)14-20-10(7-26-14)13(24)21-19/h2-7H,19H2,1H3,(H,21,24). The summed E-state index contributed by atoms with van der Waals surface area (Å²) in [5, 5.41) is 5.10. The largest absolute Gasteiger partial charge is 0.497 e. The second-order valence-electron chi connectivity index (χ2n) is 5.04. The fraction of sp³-hybridized carbons (Fsp3) is 0.133. The Hall–Kier alpha value is -2.92. The molecular weight excluding hydrogens is 371 g/mol. The predicted octanol–water partition coefficient (Wildman–Crippen LogP) is 2.63. The van der Waals surface area contributed by atoms with Crippen molar-refractivity contribution in [3.63, 3.8) is 0 Å². The minimum atomic E-state index is -4.62. The van der Waals surface area contributed by atoms with Gasteiger partial charge in [-0.05, 0) is 30.3 Å². The molecule has 0 bridgehead atoms. The van der Waals surface area contributed by atoms with E-state index >= 15 is 0 Å². The first-order chi connectivity index (χ1) is 12.3. The van der Waals surface area contributed by atoms with Crippen LogP contribution in [0.2, 0.25) is 0 Å². The number of halogens is 3. The summed E-state index contributed by atoms with van der Waals surface area (Å²) >= 11 is 0.968. The average Bonchev–Trinajstić information content (AvgIpc) is 3.27. The molecule has 3 aromatic rings. The normalized spacial score (nSPS) is 11.4. The van der Waals surface area contributed by atoms with Crippen molar-refractivity contribution >= 4 is 17.2 Å². The molecule has 0 saturated heterocycles. The maximum Gasteiger partial charge on any atom is 0.435 e. The van der Waals surface area contributed by atoms with E-state index in [1.165, 1.54) is 12.5 Å². The SMILES string of the molecule is COc1ccc(-c2cc(C(F)(F)F)nn2-c2nc(C(=O)NN)cs2)cc1. The Labute approximate surface area is 149 Å². The van der Waals surface area contributed by atoms with Gasteiger partial charge in [0.1, 0.15) is 11.4 Å². The van der Waals surface area contributed by atoms with Crippen molar-refractivity contribution in [1.29, 1.82) is 0 Å². The summed E-state index contributed by atoms with van der Waals surface area (Å²) < 4.78 is 45.5. The fourth-order valence-electron chi connectivity index (χ4n) is 2.17. The number of benzene rings is 1. The van der Waals surface area contributed by atoms with Gasteiger partial charge in [-0.1, -0.05) is 0 Å². The van der Waals surface area contributed by atoms with E-state index in [0.717, 1.165) is 22.1 Å². The highest BCUT2D eigenvalue weighted by Gasteiger charge is 2.35. The lowest BCUT2D eigenvalue weighted by molar-refractivity contribution is -0.141. The monoisotopic (exact) mass is 383 g/mol. The molecule has 11 heteroatoms. The summed E-state index contributed by atoms with van der Waals surface area (Å²) in [7, 11) is 1.49. The molecule has 0 aliphatic rings. The van der Waals surface area contributed by atoms with E-state index in [1.807, 2.05) is 5.43 Å². The van der Waals surface area contributed by atoms with Crippen molar-refractivity contribution < 1.29 is 22.7 Å². The van der Waals surface area contributed by atoms with Gasteiger partial charge in [-0.25, -0.2) is 15.5 Å². The number of rotatable bonds is 4. The van der Waals surface area contributed by atoms with Crippen LogP contribution in [0.25, 0.3) is 16.4 Å². The number of thiazole rings is 1. The second kappa shape index (κ2) is 6.77. The Morgan fingerprint density at radius 1 is 1.31 bits per heavy atom. The van der Waals surface area contributed by atoms with E-state index in [2.05, 4.69) is 10.1 Å². The quantitative estimate of drug-likeness (QED) is 0.410. The fourth-order valence-corrected chi connectivity index (χ4v) is 2.94. The molecule has 0 radical (unpaired) electrons. The molecule has 3 rings (SSSR count). The van der Waals surface area contributed by atoms with Crippen LogP contribution in [0.1, 0.15) is 16.2 Å². The predicted molar refractivity (Wildman–Crippen MR) is 87.9 cm³/mol. The number of methoxy groups -OCH3 is 1. The molecule has 1 amide bonds. The summed E-state index contributed by atoms with van der Waals surface area (Å²) in [6, 6.07) is 7.37. The number of ether oxygens (including phenoxy) is 1. The third-order valence-electron chi connectivity index (χ3n) is 3.42. The van der Waals surface area contributed by atoms with E-state index in [0.29, 0.717) is 11.3 Å². The van der Waals surface area contributed by atoms with Gasteiger partial charge >= 0.3 is 6.18 Å². The molecule has 0 saturated carbocycles. The zero-order valence-electron chi connectivity index (χ0n) is 13.2. The Bertz CT molecular complexity index is 934. The number of aromatic nitrogens is 3. The van der Waals surface area contributed by atoms with Crippen LogP contribution in [0.4, 0.5) is 13.2 Å². The third kappa shape index (κ3) is 3.39. The average molecular weight is 383 g/mol. The van der Waals surface area contributed by atoms with Gasteiger partial charge in [0.25, 0.3) is 5.91 Å². The van der Waals surface area contributed by atoms with E-state index in [9.17, 15) is 18.0 Å². The zero-order valence-corrected chi connectivity index (χ0v) is 14.1. The van der Waals surface area contributed by atoms with Gasteiger partial charge in [-0.2, -0.15) is 18.3 Å². The van der Waals surface area contributed by atoms with Crippen molar-refractivity contribution in [1.82, 2.24) is 20.2 Å². The van der Waals surface area contributed by atoms with E-state index in [-0.39, 0.29) is 16.5 Å². The van der Waals surface area contributed by atoms with E-state index in [4.69, 9.17) is 10.6 Å². The van der Waals surface area contributed by atoms with E-state index in [1.54, 1.807) is 24.3 Å². The number of nitrogens with zero attached hydrogens (tertiary/aromatic N) is 3. The summed E-state index contributed by atoms with van der Waals surface area (Å²) in [5.41, 5.74) is 1.49. The number of hydrogen-bond donors (Lipinski definition) is 2. The van der Waals surface area contributed by atoms with E-state index < -0.39 is 17.8 Å². The number of nitrogen functional groups attached to an aromatic ring is 1. The first-order valence-electron chi connectivity index (χ1n) is 7.12. The summed E-state index contributed by atoms with van der Waals surface area (Å²) in [6.07, 6.45) is -4.62. The Morgan fingerprint density at radius 3 is 2.58 bits per heavy atom. The van der Waals surface area contributed by atoms with Crippen molar-refractivity contribution in [3.8, 4) is 22.1 Å². The van der Waals surface area contributed by atoms with Crippen LogP contribution in [0.3, 0.4) is 0 Å². The molecule has 2 heterocycles. The Morgan fingerprint density at radius 2 is 2.00 bits per heavy atom. The highest BCUT2D eigenvalue weighted by Crippen LogP contribution is 2.34. The van der Waals surface area contributed by atoms with Gasteiger partial charge in [-0.15, -0.1) is 11.3 Å². The number of hydrogen-bond acceptors (Lipinski definition) is 6. The van der Waals surface area contributed by atoms with Gasteiger partial charge in [-0.3, -0.25) is 10.2 Å². The summed E-state index contributed by atoms with van der Waals surface area (Å²) in [5.74, 6) is 4.95. The highest BCUT2D eigenvalue weighted by atomic mass is 32.1. The van der Waals surface area contributed by atoms with Gasteiger partial charge in [0.05, 0.1) is 12.8 Å². The lowest BCUT2D eigenvalue weighted by Gasteiger charge is -2.05. The first kappa shape index (κ1) is 17.9. The first-order valence-corrected chi connectivity index (χ1v) is 8.00. The van der Waals surface area contributed by atoms with Crippen LogP contribution in [0.5, 0.6) is 5.75 Å². The molecular formula is C15H12F3N5O2S. The molecule has 0 aliphatic heterocycles. The molecule has 3 N–H and O–H groups in total. The minimum absolute atomic E-state index is 0.0164. The number of carbonyl (C=O) groups is 1. The Kier molecular flexibility index (Phi) is 4.66. The molecule has 0 spiro atoms.